The van der Waals surface area contributed by atoms with Crippen LogP contribution in [-0.2, 0) is 0 Å². The van der Waals surface area contributed by atoms with Crippen molar-refractivity contribution < 1.29 is 0 Å². The van der Waals surface area contributed by atoms with Gasteiger partial charge >= 0.3 is 0 Å². The SMILES string of the molecule is Cc1ccccc1-n1c(SCC#N)nnc1-c1cccnc1. The van der Waals surface area contributed by atoms with Gasteiger partial charge in [0.25, 0.3) is 0 Å². The average molecular weight is 307 g/mol. The van der Waals surface area contributed by atoms with Crippen LogP contribution < -0.4 is 0 Å². The van der Waals surface area contributed by atoms with Gasteiger partial charge in [-0.05, 0) is 30.7 Å². The molecular weight excluding hydrogens is 294 g/mol. The highest BCUT2D eigenvalue weighted by molar-refractivity contribution is 7.99. The lowest BCUT2D eigenvalue weighted by molar-refractivity contribution is 0.882. The second-order valence-electron chi connectivity index (χ2n) is 4.62. The number of thioether (sulfide) groups is 1. The first-order valence-electron chi connectivity index (χ1n) is 6.73. The molecule has 108 valence electrons. The Kier molecular flexibility index (Phi) is 4.17. The van der Waals surface area contributed by atoms with Crippen molar-refractivity contribution in [2.45, 2.75) is 12.1 Å². The summed E-state index contributed by atoms with van der Waals surface area (Å²) in [6, 6.07) is 14.0. The zero-order valence-electron chi connectivity index (χ0n) is 12.0. The molecule has 0 saturated heterocycles. The van der Waals surface area contributed by atoms with Crippen LogP contribution in [0.15, 0.2) is 53.9 Å². The molecule has 2 heterocycles. The molecule has 22 heavy (non-hydrogen) atoms. The second-order valence-corrected chi connectivity index (χ2v) is 5.56. The maximum absolute atomic E-state index is 8.83. The van der Waals surface area contributed by atoms with Crippen LogP contribution in [0, 0.1) is 18.3 Å². The quantitative estimate of drug-likeness (QED) is 0.692. The normalized spacial score (nSPS) is 10.4. The number of nitrogens with zero attached hydrogens (tertiary/aromatic N) is 5. The molecule has 0 unspecified atom stereocenters. The van der Waals surface area contributed by atoms with E-state index in [2.05, 4.69) is 21.3 Å². The Morgan fingerprint density at radius 1 is 1.18 bits per heavy atom. The van der Waals surface area contributed by atoms with E-state index in [1.54, 1.807) is 12.4 Å². The van der Waals surface area contributed by atoms with Crippen LogP contribution in [0.4, 0.5) is 0 Å². The maximum atomic E-state index is 8.83. The first kappa shape index (κ1) is 14.3. The number of nitriles is 1. The molecule has 0 aliphatic carbocycles. The van der Waals surface area contributed by atoms with Gasteiger partial charge in [-0.1, -0.05) is 30.0 Å². The van der Waals surface area contributed by atoms with Crippen molar-refractivity contribution in [3.05, 3.63) is 54.4 Å². The summed E-state index contributed by atoms with van der Waals surface area (Å²) in [5.74, 6) is 1.06. The van der Waals surface area contributed by atoms with Crippen LogP contribution in [0.3, 0.4) is 0 Å². The van der Waals surface area contributed by atoms with Gasteiger partial charge in [0, 0.05) is 18.0 Å². The Labute approximate surface area is 132 Å². The first-order chi connectivity index (χ1) is 10.8. The van der Waals surface area contributed by atoms with E-state index < -0.39 is 0 Å². The molecule has 0 amide bonds. The van der Waals surface area contributed by atoms with Gasteiger partial charge in [-0.3, -0.25) is 9.55 Å². The monoisotopic (exact) mass is 307 g/mol. The number of para-hydroxylation sites is 1. The molecule has 3 aromatic rings. The molecule has 0 spiro atoms. The molecule has 0 fully saturated rings. The summed E-state index contributed by atoms with van der Waals surface area (Å²) in [5, 5.41) is 18.1. The van der Waals surface area contributed by atoms with Crippen LogP contribution >= 0.6 is 11.8 Å². The second kappa shape index (κ2) is 6.41. The van der Waals surface area contributed by atoms with Gasteiger partial charge in [0.05, 0.1) is 17.5 Å². The predicted molar refractivity (Wildman–Crippen MR) is 85.7 cm³/mol. The van der Waals surface area contributed by atoms with Crippen LogP contribution in [-0.4, -0.2) is 25.5 Å². The Morgan fingerprint density at radius 3 is 2.77 bits per heavy atom. The van der Waals surface area contributed by atoms with Crippen molar-refractivity contribution >= 4 is 11.8 Å². The minimum absolute atomic E-state index is 0.330. The van der Waals surface area contributed by atoms with Gasteiger partial charge in [0.1, 0.15) is 0 Å². The summed E-state index contributed by atoms with van der Waals surface area (Å²) in [4.78, 5) is 4.15. The van der Waals surface area contributed by atoms with E-state index in [4.69, 9.17) is 5.26 Å². The van der Waals surface area contributed by atoms with Crippen LogP contribution in [0.25, 0.3) is 17.1 Å². The van der Waals surface area contributed by atoms with E-state index in [1.807, 2.05) is 47.9 Å². The van der Waals surface area contributed by atoms with Gasteiger partial charge in [-0.15, -0.1) is 10.2 Å². The summed E-state index contributed by atoms with van der Waals surface area (Å²) in [6.07, 6.45) is 3.49. The zero-order chi connectivity index (χ0) is 15.4. The fourth-order valence-corrected chi connectivity index (χ4v) is 2.78. The summed E-state index contributed by atoms with van der Waals surface area (Å²) in [7, 11) is 0. The Hall–Kier alpha value is -2.65. The topological polar surface area (TPSA) is 67.4 Å². The summed E-state index contributed by atoms with van der Waals surface area (Å²) in [6.45, 7) is 2.04. The number of aryl methyl sites for hydroxylation is 1. The molecule has 3 rings (SSSR count). The molecule has 0 saturated carbocycles. The molecule has 1 aromatic carbocycles. The fraction of sp³-hybridized carbons (Fsp3) is 0.125. The number of rotatable bonds is 4. The van der Waals surface area contributed by atoms with E-state index in [9.17, 15) is 0 Å². The third-order valence-electron chi connectivity index (χ3n) is 3.18. The lowest BCUT2D eigenvalue weighted by Gasteiger charge is -2.12. The number of aromatic nitrogens is 4. The highest BCUT2D eigenvalue weighted by Gasteiger charge is 2.17. The van der Waals surface area contributed by atoms with Gasteiger partial charge in [-0.2, -0.15) is 5.26 Å². The van der Waals surface area contributed by atoms with Crippen molar-refractivity contribution in [2.24, 2.45) is 0 Å². The molecule has 5 nitrogen and oxygen atoms in total. The van der Waals surface area contributed by atoms with Crippen molar-refractivity contribution in [3.8, 4) is 23.1 Å². The minimum Gasteiger partial charge on any atom is -0.270 e. The Balaban J connectivity index is 2.18. The molecule has 0 bridgehead atoms. The average Bonchev–Trinajstić information content (AvgIpc) is 2.98. The molecule has 0 atom stereocenters. The fourth-order valence-electron chi connectivity index (χ4n) is 2.17. The van der Waals surface area contributed by atoms with E-state index >= 15 is 0 Å². The van der Waals surface area contributed by atoms with Crippen LogP contribution in [0.5, 0.6) is 0 Å². The predicted octanol–water partition coefficient (Wildman–Crippen LogP) is 3.25. The van der Waals surface area contributed by atoms with Gasteiger partial charge in [0.15, 0.2) is 11.0 Å². The summed E-state index contributed by atoms with van der Waals surface area (Å²) in [5.41, 5.74) is 3.01. The Morgan fingerprint density at radius 2 is 2.05 bits per heavy atom. The number of benzene rings is 1. The van der Waals surface area contributed by atoms with Crippen LogP contribution in [0.1, 0.15) is 5.56 Å². The van der Waals surface area contributed by atoms with Crippen molar-refractivity contribution in [2.75, 3.05) is 5.75 Å². The molecule has 0 aliphatic rings. The Bertz CT molecular complexity index is 820. The van der Waals surface area contributed by atoms with E-state index in [-0.39, 0.29) is 0 Å². The molecule has 0 radical (unpaired) electrons. The lowest BCUT2D eigenvalue weighted by Crippen LogP contribution is -2.02. The van der Waals surface area contributed by atoms with Gasteiger partial charge < -0.3 is 0 Å². The third-order valence-corrected chi connectivity index (χ3v) is 3.97. The molecule has 2 aromatic heterocycles. The molecule has 0 N–H and O–H groups in total. The highest BCUT2D eigenvalue weighted by Crippen LogP contribution is 2.28. The van der Waals surface area contributed by atoms with Gasteiger partial charge in [-0.25, -0.2) is 0 Å². The van der Waals surface area contributed by atoms with Crippen molar-refractivity contribution in [3.63, 3.8) is 0 Å². The number of hydrogen-bond acceptors (Lipinski definition) is 5. The van der Waals surface area contributed by atoms with Crippen molar-refractivity contribution in [1.29, 1.82) is 5.26 Å². The van der Waals surface area contributed by atoms with Crippen LogP contribution in [0.2, 0.25) is 0 Å². The maximum Gasteiger partial charge on any atom is 0.197 e. The highest BCUT2D eigenvalue weighted by atomic mass is 32.2. The largest absolute Gasteiger partial charge is 0.270 e. The van der Waals surface area contributed by atoms with Crippen molar-refractivity contribution in [1.82, 2.24) is 19.7 Å². The molecular formula is C16H13N5S. The standard InChI is InChI=1S/C16H13N5S/c1-12-5-2-3-7-14(12)21-15(13-6-4-9-18-11-13)19-20-16(21)22-10-8-17/h2-7,9,11H,10H2,1H3. The van der Waals surface area contributed by atoms with E-state index in [0.29, 0.717) is 10.9 Å². The molecule has 0 aliphatic heterocycles. The number of hydrogen-bond donors (Lipinski definition) is 0. The zero-order valence-corrected chi connectivity index (χ0v) is 12.8. The minimum atomic E-state index is 0.330. The number of pyridine rings is 1. The summed E-state index contributed by atoms with van der Waals surface area (Å²) >= 11 is 1.37. The third kappa shape index (κ3) is 2.71. The summed E-state index contributed by atoms with van der Waals surface area (Å²) < 4.78 is 1.98. The molecule has 6 heteroatoms. The smallest absolute Gasteiger partial charge is 0.197 e. The first-order valence-corrected chi connectivity index (χ1v) is 7.71. The van der Waals surface area contributed by atoms with Gasteiger partial charge in [0.2, 0.25) is 0 Å². The van der Waals surface area contributed by atoms with E-state index in [0.717, 1.165) is 22.6 Å². The van der Waals surface area contributed by atoms with E-state index in [1.165, 1.54) is 11.8 Å². The lowest BCUT2D eigenvalue weighted by atomic mass is 10.2.